The van der Waals surface area contributed by atoms with Crippen LogP contribution in [0.5, 0.6) is 11.5 Å². The van der Waals surface area contributed by atoms with Gasteiger partial charge in [0.25, 0.3) is 0 Å². The van der Waals surface area contributed by atoms with E-state index in [1.165, 1.54) is 0 Å². The second-order valence-corrected chi connectivity index (χ2v) is 5.84. The monoisotopic (exact) mass is 324 g/mol. The van der Waals surface area contributed by atoms with Gasteiger partial charge in [0.1, 0.15) is 17.6 Å². The smallest absolute Gasteiger partial charge is 0.129 e. The molecule has 0 amide bonds. The Morgan fingerprint density at radius 3 is 2.52 bits per heavy atom. The van der Waals surface area contributed by atoms with Gasteiger partial charge in [-0.25, -0.2) is 0 Å². The normalized spacial score (nSPS) is 20.6. The molecule has 1 aliphatic rings. The molecule has 0 spiro atoms. The van der Waals surface area contributed by atoms with Crippen molar-refractivity contribution in [2.45, 2.75) is 18.6 Å². The summed E-state index contributed by atoms with van der Waals surface area (Å²) in [5.74, 6) is 1.31. The molecule has 1 unspecified atom stereocenters. The summed E-state index contributed by atoms with van der Waals surface area (Å²) in [6.07, 6.45) is -0.436. The molecular formula is C16H14Cl2O3. The van der Waals surface area contributed by atoms with Crippen LogP contribution in [0.2, 0.25) is 10.0 Å². The van der Waals surface area contributed by atoms with Crippen molar-refractivity contribution in [3.05, 3.63) is 57.6 Å². The topological polar surface area (TPSA) is 38.7 Å². The summed E-state index contributed by atoms with van der Waals surface area (Å²) in [5, 5.41) is 11.4. The Morgan fingerprint density at radius 1 is 1.14 bits per heavy atom. The van der Waals surface area contributed by atoms with E-state index in [9.17, 15) is 5.11 Å². The molecule has 21 heavy (non-hydrogen) atoms. The van der Waals surface area contributed by atoms with Gasteiger partial charge in [0, 0.05) is 28.1 Å². The number of benzene rings is 2. The fourth-order valence-corrected chi connectivity index (χ4v) is 3.06. The maximum Gasteiger partial charge on any atom is 0.129 e. The Morgan fingerprint density at radius 2 is 1.86 bits per heavy atom. The summed E-state index contributed by atoms with van der Waals surface area (Å²) < 4.78 is 11.2. The van der Waals surface area contributed by atoms with E-state index in [-0.39, 0.29) is 6.10 Å². The molecule has 2 atom stereocenters. The van der Waals surface area contributed by atoms with Crippen molar-refractivity contribution in [1.29, 1.82) is 0 Å². The molecule has 5 heteroatoms. The quantitative estimate of drug-likeness (QED) is 0.880. The van der Waals surface area contributed by atoms with E-state index in [0.717, 1.165) is 11.1 Å². The van der Waals surface area contributed by atoms with Gasteiger partial charge in [-0.05, 0) is 35.9 Å². The van der Waals surface area contributed by atoms with Gasteiger partial charge in [0.15, 0.2) is 0 Å². The maximum atomic E-state index is 10.3. The van der Waals surface area contributed by atoms with Crippen molar-refractivity contribution in [3.63, 3.8) is 0 Å². The average molecular weight is 325 g/mol. The molecule has 0 saturated heterocycles. The minimum absolute atomic E-state index is 0.296. The highest BCUT2D eigenvalue weighted by molar-refractivity contribution is 6.34. The van der Waals surface area contributed by atoms with Crippen LogP contribution in [0.15, 0.2) is 36.4 Å². The van der Waals surface area contributed by atoms with Gasteiger partial charge in [0.2, 0.25) is 0 Å². The van der Waals surface area contributed by atoms with Gasteiger partial charge in [0.05, 0.1) is 13.2 Å². The molecule has 0 aromatic heterocycles. The predicted octanol–water partition coefficient (Wildman–Crippen LogP) is 4.56. The lowest BCUT2D eigenvalue weighted by atomic mass is 9.95. The van der Waals surface area contributed by atoms with Gasteiger partial charge in [-0.2, -0.15) is 0 Å². The number of halogens is 2. The lowest BCUT2D eigenvalue weighted by molar-refractivity contribution is 0.0655. The third-order valence-electron chi connectivity index (χ3n) is 3.54. The highest BCUT2D eigenvalue weighted by atomic mass is 35.5. The molecule has 1 N–H and O–H groups in total. The zero-order valence-electron chi connectivity index (χ0n) is 11.3. The van der Waals surface area contributed by atoms with Crippen molar-refractivity contribution in [2.24, 2.45) is 0 Å². The number of methoxy groups -OCH3 is 1. The van der Waals surface area contributed by atoms with Crippen LogP contribution < -0.4 is 9.47 Å². The second-order valence-electron chi connectivity index (χ2n) is 4.96. The summed E-state index contributed by atoms with van der Waals surface area (Å²) in [7, 11) is 1.59. The van der Waals surface area contributed by atoms with Crippen LogP contribution >= 0.6 is 23.2 Å². The van der Waals surface area contributed by atoms with E-state index in [4.69, 9.17) is 32.7 Å². The first kappa shape index (κ1) is 14.5. The Hall–Kier alpha value is -1.42. The van der Waals surface area contributed by atoms with Gasteiger partial charge >= 0.3 is 0 Å². The van der Waals surface area contributed by atoms with E-state index in [2.05, 4.69) is 0 Å². The van der Waals surface area contributed by atoms with Gasteiger partial charge in [-0.15, -0.1) is 0 Å². The molecule has 110 valence electrons. The number of fused-ring (bicyclic) bond motifs is 1. The minimum atomic E-state index is -0.595. The van der Waals surface area contributed by atoms with Gasteiger partial charge in [-0.3, -0.25) is 0 Å². The summed E-state index contributed by atoms with van der Waals surface area (Å²) in [5.41, 5.74) is 1.61. The number of rotatable bonds is 2. The third kappa shape index (κ3) is 2.95. The molecule has 2 aromatic carbocycles. The standard InChI is InChI=1S/C16H14Cl2O3/c1-20-12-2-3-13-14(19)8-15(21-16(13)7-12)9-4-10(17)6-11(18)5-9/h2-7,14-15,19H,8H2,1H3/t14-,15?/m1/s1. The average Bonchev–Trinajstić information content (AvgIpc) is 2.45. The molecule has 3 rings (SSSR count). The third-order valence-corrected chi connectivity index (χ3v) is 3.98. The van der Waals surface area contributed by atoms with Crippen LogP contribution in [0.1, 0.15) is 29.8 Å². The summed E-state index contributed by atoms with van der Waals surface area (Å²) in [6, 6.07) is 10.7. The highest BCUT2D eigenvalue weighted by Crippen LogP contribution is 2.43. The first-order valence-electron chi connectivity index (χ1n) is 6.55. The molecular weight excluding hydrogens is 311 g/mol. The Kier molecular flexibility index (Phi) is 3.98. The fourth-order valence-electron chi connectivity index (χ4n) is 2.52. The van der Waals surface area contributed by atoms with Crippen LogP contribution in [0.3, 0.4) is 0 Å². The summed E-state index contributed by atoms with van der Waals surface area (Å²) in [4.78, 5) is 0. The number of aliphatic hydroxyl groups excluding tert-OH is 1. The molecule has 0 bridgehead atoms. The van der Waals surface area contributed by atoms with Crippen LogP contribution in [0, 0.1) is 0 Å². The molecule has 0 radical (unpaired) electrons. The Balaban J connectivity index is 1.96. The van der Waals surface area contributed by atoms with Crippen molar-refractivity contribution < 1.29 is 14.6 Å². The van der Waals surface area contributed by atoms with E-state index in [0.29, 0.717) is 28.0 Å². The lowest BCUT2D eigenvalue weighted by Crippen LogP contribution is -2.19. The first-order valence-corrected chi connectivity index (χ1v) is 7.31. The number of ether oxygens (including phenoxy) is 2. The van der Waals surface area contributed by atoms with Crippen molar-refractivity contribution >= 4 is 23.2 Å². The maximum absolute atomic E-state index is 10.3. The molecule has 1 aliphatic heterocycles. The second kappa shape index (κ2) is 5.76. The van der Waals surface area contributed by atoms with Crippen molar-refractivity contribution in [1.82, 2.24) is 0 Å². The van der Waals surface area contributed by atoms with E-state index >= 15 is 0 Å². The van der Waals surface area contributed by atoms with Crippen LogP contribution in [-0.4, -0.2) is 12.2 Å². The first-order chi connectivity index (χ1) is 10.1. The predicted molar refractivity (Wildman–Crippen MR) is 82.4 cm³/mol. The molecule has 2 aromatic rings. The molecule has 0 fully saturated rings. The summed E-state index contributed by atoms with van der Waals surface area (Å²) >= 11 is 12.1. The zero-order valence-corrected chi connectivity index (χ0v) is 12.9. The van der Waals surface area contributed by atoms with Gasteiger partial charge in [-0.1, -0.05) is 23.2 Å². The lowest BCUT2D eigenvalue weighted by Gasteiger charge is -2.30. The minimum Gasteiger partial charge on any atom is -0.497 e. The van der Waals surface area contributed by atoms with Crippen molar-refractivity contribution in [3.8, 4) is 11.5 Å². The van der Waals surface area contributed by atoms with Gasteiger partial charge < -0.3 is 14.6 Å². The molecule has 0 saturated carbocycles. The van der Waals surface area contributed by atoms with Crippen LogP contribution in [-0.2, 0) is 0 Å². The SMILES string of the molecule is COc1ccc2c(c1)OC(c1cc(Cl)cc(Cl)c1)C[C@H]2O. The summed E-state index contributed by atoms with van der Waals surface area (Å²) in [6.45, 7) is 0. The number of hydrogen-bond donors (Lipinski definition) is 1. The van der Waals surface area contributed by atoms with E-state index in [1.807, 2.05) is 12.1 Å². The van der Waals surface area contributed by atoms with Crippen molar-refractivity contribution in [2.75, 3.05) is 7.11 Å². The zero-order chi connectivity index (χ0) is 15.0. The molecule has 0 aliphatic carbocycles. The Labute approximate surface area is 133 Å². The van der Waals surface area contributed by atoms with E-state index in [1.54, 1.807) is 31.4 Å². The van der Waals surface area contributed by atoms with Crippen LogP contribution in [0.25, 0.3) is 0 Å². The Bertz CT molecular complexity index is 652. The fraction of sp³-hybridized carbons (Fsp3) is 0.250. The largest absolute Gasteiger partial charge is 0.497 e. The number of hydrogen-bond acceptors (Lipinski definition) is 3. The van der Waals surface area contributed by atoms with Crippen LogP contribution in [0.4, 0.5) is 0 Å². The molecule has 3 nitrogen and oxygen atoms in total. The highest BCUT2D eigenvalue weighted by Gasteiger charge is 2.28. The number of aliphatic hydroxyl groups is 1. The van der Waals surface area contributed by atoms with E-state index < -0.39 is 6.10 Å². The molecule has 1 heterocycles.